The molecule has 0 spiro atoms. The third kappa shape index (κ3) is 6.39. The van der Waals surface area contributed by atoms with Crippen LogP contribution in [-0.4, -0.2) is 91.3 Å². The van der Waals surface area contributed by atoms with E-state index in [1.54, 1.807) is 0 Å². The monoisotopic (exact) mass is 368 g/mol. The zero-order valence-electron chi connectivity index (χ0n) is 17.6. The van der Waals surface area contributed by atoms with Crippen LogP contribution < -0.4 is 5.32 Å². The molecule has 0 aromatic heterocycles. The molecule has 0 saturated carbocycles. The number of likely N-dealkylation sites (N-methyl/N-ethyl adjacent to an activating group) is 1. The van der Waals surface area contributed by atoms with Crippen LogP contribution in [0.2, 0.25) is 0 Å². The summed E-state index contributed by atoms with van der Waals surface area (Å²) in [5.74, 6) is 0.363. The number of ether oxygens (including phenoxy) is 1. The molecule has 0 aromatic carbocycles. The maximum Gasteiger partial charge on any atom is 0.407 e. The SMILES string of the molecule is CCN1CCN(CC2(NC(=O)OCC(C)C)CCN(C(C)C)CC2)CC1. The first-order chi connectivity index (χ1) is 12.3. The van der Waals surface area contributed by atoms with E-state index in [0.29, 0.717) is 18.6 Å². The third-order valence-electron chi connectivity index (χ3n) is 5.84. The molecular formula is C20H40N4O2. The summed E-state index contributed by atoms with van der Waals surface area (Å²) in [7, 11) is 0. The van der Waals surface area contributed by atoms with Gasteiger partial charge in [-0.3, -0.25) is 4.90 Å². The van der Waals surface area contributed by atoms with Gasteiger partial charge in [-0.15, -0.1) is 0 Å². The lowest BCUT2D eigenvalue weighted by Crippen LogP contribution is -2.63. The van der Waals surface area contributed by atoms with Crippen LogP contribution in [0, 0.1) is 5.92 Å². The highest BCUT2D eigenvalue weighted by Crippen LogP contribution is 2.26. The Kier molecular flexibility index (Phi) is 8.17. The van der Waals surface area contributed by atoms with Gasteiger partial charge in [-0.05, 0) is 39.2 Å². The highest BCUT2D eigenvalue weighted by molar-refractivity contribution is 5.68. The molecule has 0 unspecified atom stereocenters. The average Bonchev–Trinajstić information content (AvgIpc) is 2.61. The van der Waals surface area contributed by atoms with Crippen molar-refractivity contribution in [3.05, 3.63) is 0 Å². The molecule has 2 rings (SSSR count). The van der Waals surface area contributed by atoms with Crippen molar-refractivity contribution in [3.63, 3.8) is 0 Å². The van der Waals surface area contributed by atoms with Gasteiger partial charge < -0.3 is 19.9 Å². The van der Waals surface area contributed by atoms with Crippen molar-refractivity contribution < 1.29 is 9.53 Å². The number of piperidine rings is 1. The standard InChI is InChI=1S/C20H40N4O2/c1-6-22-11-13-23(14-12-22)16-20(21-19(25)26-15-17(2)3)7-9-24(10-8-20)18(4)5/h17-18H,6-16H2,1-5H3,(H,21,25). The molecule has 6 nitrogen and oxygen atoms in total. The summed E-state index contributed by atoms with van der Waals surface area (Å²) in [5, 5.41) is 3.28. The van der Waals surface area contributed by atoms with Crippen molar-refractivity contribution in [2.24, 2.45) is 5.92 Å². The van der Waals surface area contributed by atoms with Gasteiger partial charge in [0.2, 0.25) is 0 Å². The van der Waals surface area contributed by atoms with Crippen molar-refractivity contribution >= 4 is 6.09 Å². The van der Waals surface area contributed by atoms with Crippen LogP contribution in [0.3, 0.4) is 0 Å². The van der Waals surface area contributed by atoms with Gasteiger partial charge in [0.1, 0.15) is 0 Å². The Morgan fingerprint density at radius 3 is 2.08 bits per heavy atom. The van der Waals surface area contributed by atoms with Crippen molar-refractivity contribution in [1.29, 1.82) is 0 Å². The van der Waals surface area contributed by atoms with E-state index in [9.17, 15) is 4.79 Å². The minimum atomic E-state index is -0.246. The van der Waals surface area contributed by atoms with Crippen LogP contribution in [0.25, 0.3) is 0 Å². The Hall–Kier alpha value is -0.850. The maximum atomic E-state index is 12.4. The van der Waals surface area contributed by atoms with Crippen molar-refractivity contribution in [3.8, 4) is 0 Å². The summed E-state index contributed by atoms with van der Waals surface area (Å²) < 4.78 is 5.44. The minimum absolute atomic E-state index is 0.159. The van der Waals surface area contributed by atoms with E-state index in [1.165, 1.54) is 0 Å². The van der Waals surface area contributed by atoms with Crippen LogP contribution >= 0.6 is 0 Å². The number of nitrogens with one attached hydrogen (secondary N) is 1. The maximum absolute atomic E-state index is 12.4. The van der Waals surface area contributed by atoms with Crippen LogP contribution in [0.5, 0.6) is 0 Å². The Labute approximate surface area is 160 Å². The number of nitrogens with zero attached hydrogens (tertiary/aromatic N) is 3. The second-order valence-corrected chi connectivity index (χ2v) is 8.74. The lowest BCUT2D eigenvalue weighted by Gasteiger charge is -2.47. The van der Waals surface area contributed by atoms with Gasteiger partial charge in [0.25, 0.3) is 0 Å². The van der Waals surface area contributed by atoms with Gasteiger partial charge >= 0.3 is 6.09 Å². The molecule has 1 N–H and O–H groups in total. The lowest BCUT2D eigenvalue weighted by atomic mass is 9.86. The van der Waals surface area contributed by atoms with E-state index in [1.807, 2.05) is 0 Å². The quantitative estimate of drug-likeness (QED) is 0.747. The fourth-order valence-corrected chi connectivity index (χ4v) is 3.98. The average molecular weight is 369 g/mol. The molecule has 2 heterocycles. The molecule has 0 atom stereocenters. The molecule has 1 amide bonds. The number of carbonyl (C=O) groups excluding carboxylic acids is 1. The molecule has 26 heavy (non-hydrogen) atoms. The first-order valence-electron chi connectivity index (χ1n) is 10.5. The van der Waals surface area contributed by atoms with Crippen molar-refractivity contribution in [2.45, 2.75) is 59.0 Å². The number of amides is 1. The number of hydrogen-bond donors (Lipinski definition) is 1. The number of likely N-dealkylation sites (tertiary alicyclic amines) is 1. The molecule has 0 bridgehead atoms. The summed E-state index contributed by atoms with van der Waals surface area (Å²) in [6.45, 7) is 19.9. The Morgan fingerprint density at radius 1 is 1.00 bits per heavy atom. The van der Waals surface area contributed by atoms with Crippen LogP contribution in [-0.2, 0) is 4.74 Å². The second-order valence-electron chi connectivity index (χ2n) is 8.74. The lowest BCUT2D eigenvalue weighted by molar-refractivity contribution is 0.0496. The summed E-state index contributed by atoms with van der Waals surface area (Å²) in [6, 6.07) is 0.564. The second kappa shape index (κ2) is 9.90. The summed E-state index contributed by atoms with van der Waals surface area (Å²) in [4.78, 5) is 19.9. The van der Waals surface area contributed by atoms with Crippen molar-refractivity contribution in [2.75, 3.05) is 59.0 Å². The zero-order chi connectivity index (χ0) is 19.2. The number of piperazine rings is 1. The Bertz CT molecular complexity index is 426. The Morgan fingerprint density at radius 2 is 1.58 bits per heavy atom. The van der Waals surface area contributed by atoms with Crippen LogP contribution in [0.1, 0.15) is 47.5 Å². The van der Waals surface area contributed by atoms with Gasteiger partial charge in [0.15, 0.2) is 0 Å². The first kappa shape index (κ1) is 21.5. The van der Waals surface area contributed by atoms with Gasteiger partial charge in [-0.2, -0.15) is 0 Å². The number of rotatable bonds is 7. The number of alkyl carbamates (subject to hydrolysis) is 1. The van der Waals surface area contributed by atoms with Gasteiger partial charge in [0.05, 0.1) is 12.1 Å². The summed E-state index contributed by atoms with van der Waals surface area (Å²) >= 11 is 0. The van der Waals surface area contributed by atoms with E-state index in [2.05, 4.69) is 54.6 Å². The molecule has 2 aliphatic rings. The normalized spacial score (nSPS) is 22.7. The topological polar surface area (TPSA) is 48.1 Å². The molecule has 6 heteroatoms. The highest BCUT2D eigenvalue weighted by Gasteiger charge is 2.39. The van der Waals surface area contributed by atoms with E-state index in [0.717, 1.165) is 65.2 Å². The molecule has 2 fully saturated rings. The van der Waals surface area contributed by atoms with E-state index in [-0.39, 0.29) is 11.6 Å². The predicted octanol–water partition coefficient (Wildman–Crippen LogP) is 2.25. The smallest absolute Gasteiger partial charge is 0.407 e. The largest absolute Gasteiger partial charge is 0.449 e. The molecule has 0 radical (unpaired) electrons. The van der Waals surface area contributed by atoms with Gasteiger partial charge in [-0.1, -0.05) is 20.8 Å². The molecule has 0 aromatic rings. The van der Waals surface area contributed by atoms with E-state index < -0.39 is 0 Å². The number of hydrogen-bond acceptors (Lipinski definition) is 5. The van der Waals surface area contributed by atoms with Crippen molar-refractivity contribution in [1.82, 2.24) is 20.0 Å². The van der Waals surface area contributed by atoms with E-state index in [4.69, 9.17) is 4.74 Å². The molecule has 152 valence electrons. The molecule has 2 aliphatic heterocycles. The minimum Gasteiger partial charge on any atom is -0.449 e. The highest BCUT2D eigenvalue weighted by atomic mass is 16.5. The van der Waals surface area contributed by atoms with Gasteiger partial charge in [-0.25, -0.2) is 4.79 Å². The molecular weight excluding hydrogens is 328 g/mol. The zero-order valence-corrected chi connectivity index (χ0v) is 17.6. The summed E-state index contributed by atoms with van der Waals surface area (Å²) in [5.41, 5.74) is -0.159. The third-order valence-corrected chi connectivity index (χ3v) is 5.84. The van der Waals surface area contributed by atoms with E-state index >= 15 is 0 Å². The Balaban J connectivity index is 1.96. The predicted molar refractivity (Wildman–Crippen MR) is 107 cm³/mol. The summed E-state index contributed by atoms with van der Waals surface area (Å²) in [6.07, 6.45) is 1.75. The first-order valence-corrected chi connectivity index (χ1v) is 10.5. The van der Waals surface area contributed by atoms with Crippen LogP contribution in [0.15, 0.2) is 0 Å². The van der Waals surface area contributed by atoms with Gasteiger partial charge in [0, 0.05) is 51.9 Å². The molecule has 0 aliphatic carbocycles. The fourth-order valence-electron chi connectivity index (χ4n) is 3.98. The number of carbonyl (C=O) groups is 1. The fraction of sp³-hybridized carbons (Fsp3) is 0.950. The van der Waals surface area contributed by atoms with Crippen LogP contribution in [0.4, 0.5) is 4.79 Å². The molecule has 2 saturated heterocycles.